The van der Waals surface area contributed by atoms with Crippen LogP contribution in [0.1, 0.15) is 11.5 Å². The fourth-order valence-corrected chi connectivity index (χ4v) is 3.49. The van der Waals surface area contributed by atoms with Gasteiger partial charge in [0.1, 0.15) is 0 Å². The fraction of sp³-hybridized carbons (Fsp3) is 0.143. The minimum atomic E-state index is -0.479. The zero-order valence-corrected chi connectivity index (χ0v) is 12.5. The van der Waals surface area contributed by atoms with Gasteiger partial charge in [0.15, 0.2) is 5.82 Å². The summed E-state index contributed by atoms with van der Waals surface area (Å²) < 4.78 is 18.7. The first-order valence-corrected chi connectivity index (χ1v) is 7.98. The molecule has 21 heavy (non-hydrogen) atoms. The number of anilines is 1. The van der Waals surface area contributed by atoms with E-state index in [1.165, 1.54) is 11.3 Å². The third-order valence-corrected chi connectivity index (χ3v) is 4.73. The second kappa shape index (κ2) is 5.88. The van der Waals surface area contributed by atoms with Crippen LogP contribution in [0, 0.1) is 5.82 Å². The number of halogens is 1. The average molecular weight is 321 g/mol. The van der Waals surface area contributed by atoms with E-state index in [-0.39, 0.29) is 18.1 Å². The lowest BCUT2D eigenvalue weighted by Crippen LogP contribution is -2.27. The number of fused-ring (bicyclic) bond motifs is 1. The molecule has 3 aromatic rings. The highest BCUT2D eigenvalue weighted by Crippen LogP contribution is 2.28. The summed E-state index contributed by atoms with van der Waals surface area (Å²) in [6.07, 6.45) is 1.60. The molecule has 0 fully saturated rings. The third kappa shape index (κ3) is 2.67. The predicted molar refractivity (Wildman–Crippen MR) is 84.3 cm³/mol. The van der Waals surface area contributed by atoms with E-state index < -0.39 is 11.7 Å². The van der Waals surface area contributed by atoms with E-state index in [4.69, 9.17) is 5.73 Å². The molecule has 0 aliphatic rings. The van der Waals surface area contributed by atoms with Crippen LogP contribution in [0.5, 0.6) is 0 Å². The molecule has 2 aromatic heterocycles. The van der Waals surface area contributed by atoms with Gasteiger partial charge in [-0.25, -0.2) is 4.39 Å². The first kappa shape index (κ1) is 14.1. The molecule has 0 saturated heterocycles. The van der Waals surface area contributed by atoms with Crippen molar-refractivity contribution in [1.29, 1.82) is 0 Å². The summed E-state index contributed by atoms with van der Waals surface area (Å²) in [5.74, 6) is -1.24. The Balaban J connectivity index is 1.87. The lowest BCUT2D eigenvalue weighted by Gasteiger charge is -2.14. The predicted octanol–water partition coefficient (Wildman–Crippen LogP) is 3.18. The quantitative estimate of drug-likeness (QED) is 0.775. The van der Waals surface area contributed by atoms with Gasteiger partial charge in [-0.15, -0.1) is 0 Å². The number of aromatic nitrogens is 1. The molecule has 0 aliphatic heterocycles. The molecule has 0 radical (unpaired) electrons. The van der Waals surface area contributed by atoms with Crippen molar-refractivity contribution in [2.24, 2.45) is 5.73 Å². The average Bonchev–Trinajstić information content (AvgIpc) is 3.14. The van der Waals surface area contributed by atoms with Gasteiger partial charge in [0.25, 0.3) is 0 Å². The molecule has 4 nitrogen and oxygen atoms in total. The molecule has 1 aromatic carbocycles. The van der Waals surface area contributed by atoms with E-state index in [0.29, 0.717) is 4.70 Å². The van der Waals surface area contributed by atoms with Gasteiger partial charge in [-0.2, -0.15) is 15.7 Å². The zero-order valence-electron chi connectivity index (χ0n) is 10.9. The number of nitrogens with one attached hydrogen (secondary N) is 1. The third-order valence-electron chi connectivity index (χ3n) is 3.22. The first-order valence-electron chi connectivity index (χ1n) is 6.26. The van der Waals surface area contributed by atoms with Crippen molar-refractivity contribution in [3.05, 3.63) is 46.5 Å². The minimum Gasteiger partial charge on any atom is -0.329 e. The van der Waals surface area contributed by atoms with Crippen molar-refractivity contribution < 1.29 is 9.18 Å². The summed E-state index contributed by atoms with van der Waals surface area (Å²) in [4.78, 5) is 12.3. The van der Waals surface area contributed by atoms with E-state index in [9.17, 15) is 9.18 Å². The highest BCUT2D eigenvalue weighted by atomic mass is 32.1. The number of benzene rings is 1. The summed E-state index contributed by atoms with van der Waals surface area (Å²) in [6, 6.07) is 5.13. The lowest BCUT2D eigenvalue weighted by atomic mass is 10.0. The Morgan fingerprint density at radius 3 is 3.00 bits per heavy atom. The molecular weight excluding hydrogens is 309 g/mol. The number of amides is 1. The van der Waals surface area contributed by atoms with E-state index >= 15 is 0 Å². The van der Waals surface area contributed by atoms with Gasteiger partial charge in [0.05, 0.1) is 16.3 Å². The summed E-state index contributed by atoms with van der Waals surface area (Å²) in [5, 5.41) is 7.11. The number of rotatable bonds is 4. The topological polar surface area (TPSA) is 68.0 Å². The number of nitrogens with two attached hydrogens (primary N) is 1. The van der Waals surface area contributed by atoms with Gasteiger partial charge in [-0.1, -0.05) is 0 Å². The first-order chi connectivity index (χ1) is 10.2. The van der Waals surface area contributed by atoms with Crippen LogP contribution in [0.4, 0.5) is 10.1 Å². The van der Waals surface area contributed by atoms with Crippen LogP contribution >= 0.6 is 22.9 Å². The Morgan fingerprint density at radius 2 is 2.29 bits per heavy atom. The number of carbonyl (C=O) groups is 1. The highest BCUT2D eigenvalue weighted by Gasteiger charge is 2.21. The molecule has 0 saturated carbocycles. The van der Waals surface area contributed by atoms with Crippen molar-refractivity contribution in [2.45, 2.75) is 5.92 Å². The smallest absolute Gasteiger partial charge is 0.233 e. The van der Waals surface area contributed by atoms with Crippen LogP contribution in [-0.2, 0) is 4.79 Å². The van der Waals surface area contributed by atoms with Gasteiger partial charge < -0.3 is 11.1 Å². The number of hydrogen-bond acceptors (Lipinski definition) is 5. The zero-order chi connectivity index (χ0) is 14.8. The van der Waals surface area contributed by atoms with Gasteiger partial charge >= 0.3 is 0 Å². The number of thiophene rings is 1. The number of hydrogen-bond donors (Lipinski definition) is 2. The van der Waals surface area contributed by atoms with E-state index in [1.54, 1.807) is 18.3 Å². The molecule has 2 heterocycles. The Kier molecular flexibility index (Phi) is 3.96. The van der Waals surface area contributed by atoms with Gasteiger partial charge in [0, 0.05) is 18.1 Å². The van der Waals surface area contributed by atoms with Crippen molar-refractivity contribution in [2.75, 3.05) is 11.9 Å². The van der Waals surface area contributed by atoms with Crippen LogP contribution in [-0.4, -0.2) is 16.8 Å². The van der Waals surface area contributed by atoms with Crippen LogP contribution < -0.4 is 11.1 Å². The summed E-state index contributed by atoms with van der Waals surface area (Å²) >= 11 is 2.56. The number of nitrogens with zero attached hydrogens (tertiary/aromatic N) is 1. The Morgan fingerprint density at radius 1 is 1.43 bits per heavy atom. The Bertz CT molecular complexity index is 770. The second-order valence-electron chi connectivity index (χ2n) is 4.51. The van der Waals surface area contributed by atoms with E-state index in [0.717, 1.165) is 22.5 Å². The molecule has 0 spiro atoms. The Hall–Kier alpha value is -1.83. The Labute approximate surface area is 128 Å². The summed E-state index contributed by atoms with van der Waals surface area (Å²) in [6.45, 7) is 0.174. The minimum absolute atomic E-state index is 0.158. The standard InChI is InChI=1S/C14H12FN3OS2/c15-12-11(2-1-8-6-17-21-13(8)12)18-14(19)10(5-16)9-3-4-20-7-9/h1-4,6-7,10H,5,16H2,(H,18,19). The molecule has 3 N–H and O–H groups in total. The van der Waals surface area contributed by atoms with Crippen molar-refractivity contribution in [1.82, 2.24) is 4.37 Å². The monoisotopic (exact) mass is 321 g/mol. The van der Waals surface area contributed by atoms with Gasteiger partial charge in [0.2, 0.25) is 5.91 Å². The maximum Gasteiger partial charge on any atom is 0.233 e. The molecule has 1 atom stereocenters. The van der Waals surface area contributed by atoms with Crippen molar-refractivity contribution in [3.63, 3.8) is 0 Å². The fourth-order valence-electron chi connectivity index (χ4n) is 2.09. The van der Waals surface area contributed by atoms with Crippen molar-refractivity contribution in [3.8, 4) is 0 Å². The highest BCUT2D eigenvalue weighted by molar-refractivity contribution is 7.13. The molecule has 3 rings (SSSR count). The maximum atomic E-state index is 14.3. The van der Waals surface area contributed by atoms with Crippen LogP contribution in [0.2, 0.25) is 0 Å². The SMILES string of the molecule is NCC(C(=O)Nc1ccc2cnsc2c1F)c1ccsc1. The van der Waals surface area contributed by atoms with Crippen LogP contribution in [0.25, 0.3) is 10.1 Å². The second-order valence-corrected chi connectivity index (χ2v) is 6.09. The van der Waals surface area contributed by atoms with Gasteiger partial charge in [-0.05, 0) is 46.1 Å². The molecule has 0 aliphatic carbocycles. The molecule has 108 valence electrons. The van der Waals surface area contributed by atoms with E-state index in [2.05, 4.69) is 9.69 Å². The van der Waals surface area contributed by atoms with E-state index in [1.807, 2.05) is 16.8 Å². The van der Waals surface area contributed by atoms with Crippen LogP contribution in [0.3, 0.4) is 0 Å². The van der Waals surface area contributed by atoms with Crippen LogP contribution in [0.15, 0.2) is 35.2 Å². The maximum absolute atomic E-state index is 14.3. The summed E-state index contributed by atoms with van der Waals surface area (Å²) in [5.41, 5.74) is 6.68. The molecule has 1 amide bonds. The molecule has 1 unspecified atom stereocenters. The van der Waals surface area contributed by atoms with Gasteiger partial charge in [-0.3, -0.25) is 4.79 Å². The largest absolute Gasteiger partial charge is 0.329 e. The number of carbonyl (C=O) groups excluding carboxylic acids is 1. The lowest BCUT2D eigenvalue weighted by molar-refractivity contribution is -0.117. The normalized spacial score (nSPS) is 12.5. The molecule has 7 heteroatoms. The molecular formula is C14H12FN3OS2. The van der Waals surface area contributed by atoms with Crippen molar-refractivity contribution >= 4 is 44.5 Å². The molecule has 0 bridgehead atoms. The summed E-state index contributed by atoms with van der Waals surface area (Å²) in [7, 11) is 0.